The highest BCUT2D eigenvalue weighted by molar-refractivity contribution is 14.0. The van der Waals surface area contributed by atoms with Crippen molar-refractivity contribution >= 4 is 29.9 Å². The zero-order valence-electron chi connectivity index (χ0n) is 18.5. The highest BCUT2D eigenvalue weighted by Crippen LogP contribution is 2.29. The summed E-state index contributed by atoms with van der Waals surface area (Å²) in [6.45, 7) is 6.39. The summed E-state index contributed by atoms with van der Waals surface area (Å²) in [4.78, 5) is 9.00. The van der Waals surface area contributed by atoms with Gasteiger partial charge in [0, 0.05) is 52.9 Å². The van der Waals surface area contributed by atoms with Gasteiger partial charge < -0.3 is 15.5 Å². The Labute approximate surface area is 205 Å². The van der Waals surface area contributed by atoms with E-state index in [2.05, 4.69) is 56.7 Å². The van der Waals surface area contributed by atoms with Gasteiger partial charge in [0.05, 0.1) is 5.56 Å². The lowest BCUT2D eigenvalue weighted by molar-refractivity contribution is -0.137. The fourth-order valence-corrected chi connectivity index (χ4v) is 3.43. The molecule has 176 valence electrons. The van der Waals surface area contributed by atoms with Gasteiger partial charge in [0.25, 0.3) is 0 Å². The summed E-state index contributed by atoms with van der Waals surface area (Å²) in [6, 6.07) is 13.7. The van der Waals surface area contributed by atoms with Gasteiger partial charge in [-0.2, -0.15) is 13.2 Å². The van der Waals surface area contributed by atoms with E-state index in [1.807, 2.05) is 0 Å². The second kappa shape index (κ2) is 12.4. The van der Waals surface area contributed by atoms with Gasteiger partial charge in [-0.3, -0.25) is 9.89 Å². The van der Waals surface area contributed by atoms with Crippen LogP contribution in [0.2, 0.25) is 0 Å². The Morgan fingerprint density at radius 2 is 1.31 bits per heavy atom. The van der Waals surface area contributed by atoms with E-state index < -0.39 is 11.7 Å². The molecule has 0 amide bonds. The minimum atomic E-state index is -4.32. The largest absolute Gasteiger partial charge is 0.416 e. The molecular formula is C23H31F3IN5. The molecule has 1 saturated heterocycles. The maximum absolute atomic E-state index is 12.7. The molecule has 1 aliphatic heterocycles. The van der Waals surface area contributed by atoms with Gasteiger partial charge >= 0.3 is 6.18 Å². The average molecular weight is 561 g/mol. The first-order valence-electron chi connectivity index (χ1n) is 10.4. The molecule has 1 aliphatic rings. The number of halogens is 4. The first-order valence-corrected chi connectivity index (χ1v) is 10.4. The molecule has 1 heterocycles. The topological polar surface area (TPSA) is 42.9 Å². The Bertz CT molecular complexity index is 845. The van der Waals surface area contributed by atoms with E-state index in [4.69, 9.17) is 0 Å². The van der Waals surface area contributed by atoms with Crippen LogP contribution < -0.4 is 10.6 Å². The number of aliphatic imine (C=N–C) groups is 1. The number of guanidine groups is 1. The van der Waals surface area contributed by atoms with Gasteiger partial charge in [0.1, 0.15) is 0 Å². The molecule has 2 aromatic carbocycles. The van der Waals surface area contributed by atoms with Crippen molar-refractivity contribution in [2.75, 3.05) is 40.3 Å². The molecule has 1 fully saturated rings. The van der Waals surface area contributed by atoms with E-state index in [1.165, 1.54) is 17.7 Å². The number of rotatable bonds is 6. The lowest BCUT2D eigenvalue weighted by Gasteiger charge is -2.32. The summed E-state index contributed by atoms with van der Waals surface area (Å²) in [5, 5.41) is 6.37. The molecule has 0 atom stereocenters. The second-order valence-corrected chi connectivity index (χ2v) is 7.87. The smallest absolute Gasteiger partial charge is 0.352 e. The lowest BCUT2D eigenvalue weighted by Crippen LogP contribution is -2.43. The fourth-order valence-electron chi connectivity index (χ4n) is 3.43. The number of alkyl halides is 3. The molecule has 3 rings (SSSR count). The van der Waals surface area contributed by atoms with Crippen LogP contribution in [0, 0.1) is 0 Å². The third-order valence-electron chi connectivity index (χ3n) is 5.45. The maximum atomic E-state index is 12.7. The van der Waals surface area contributed by atoms with E-state index in [9.17, 15) is 13.2 Å². The van der Waals surface area contributed by atoms with Crippen molar-refractivity contribution < 1.29 is 13.2 Å². The van der Waals surface area contributed by atoms with E-state index in [0.29, 0.717) is 19.0 Å². The molecule has 32 heavy (non-hydrogen) atoms. The number of nitrogens with zero attached hydrogens (tertiary/aromatic N) is 3. The number of hydrogen-bond donors (Lipinski definition) is 2. The van der Waals surface area contributed by atoms with Crippen LogP contribution in [0.4, 0.5) is 13.2 Å². The zero-order valence-corrected chi connectivity index (χ0v) is 20.8. The van der Waals surface area contributed by atoms with Gasteiger partial charge in [-0.05, 0) is 35.9 Å². The number of piperazine rings is 1. The normalized spacial score (nSPS) is 15.8. The van der Waals surface area contributed by atoms with Crippen molar-refractivity contribution in [1.82, 2.24) is 20.4 Å². The number of hydrogen-bond acceptors (Lipinski definition) is 3. The predicted molar refractivity (Wildman–Crippen MR) is 133 cm³/mol. The lowest BCUT2D eigenvalue weighted by atomic mass is 10.1. The molecule has 2 aromatic rings. The van der Waals surface area contributed by atoms with Crippen molar-refractivity contribution in [3.05, 3.63) is 70.8 Å². The minimum Gasteiger partial charge on any atom is -0.352 e. The summed E-state index contributed by atoms with van der Waals surface area (Å²) in [5.41, 5.74) is 2.55. The van der Waals surface area contributed by atoms with Gasteiger partial charge in [0.2, 0.25) is 0 Å². The van der Waals surface area contributed by atoms with Gasteiger partial charge in [-0.25, -0.2) is 0 Å². The first-order chi connectivity index (χ1) is 14.8. The van der Waals surface area contributed by atoms with Crippen LogP contribution in [0.25, 0.3) is 0 Å². The number of benzene rings is 2. The molecule has 0 unspecified atom stereocenters. The monoisotopic (exact) mass is 561 g/mol. The van der Waals surface area contributed by atoms with E-state index in [-0.39, 0.29) is 24.0 Å². The van der Waals surface area contributed by atoms with Crippen LogP contribution in [0.5, 0.6) is 0 Å². The molecule has 0 saturated carbocycles. The summed E-state index contributed by atoms with van der Waals surface area (Å²) in [5.74, 6) is 0.599. The summed E-state index contributed by atoms with van der Waals surface area (Å²) >= 11 is 0. The molecule has 0 bridgehead atoms. The van der Waals surface area contributed by atoms with Crippen molar-refractivity contribution in [2.24, 2.45) is 4.99 Å². The van der Waals surface area contributed by atoms with Gasteiger partial charge in [-0.15, -0.1) is 24.0 Å². The molecule has 0 radical (unpaired) electrons. The third-order valence-corrected chi connectivity index (χ3v) is 5.45. The molecule has 0 aromatic heterocycles. The van der Waals surface area contributed by atoms with E-state index in [0.717, 1.165) is 56.0 Å². The highest BCUT2D eigenvalue weighted by atomic mass is 127. The van der Waals surface area contributed by atoms with Crippen LogP contribution in [0.1, 0.15) is 22.3 Å². The van der Waals surface area contributed by atoms with Gasteiger partial charge in [0.15, 0.2) is 5.96 Å². The summed E-state index contributed by atoms with van der Waals surface area (Å²) in [6.07, 6.45) is -4.32. The van der Waals surface area contributed by atoms with Crippen LogP contribution in [0.3, 0.4) is 0 Å². The summed E-state index contributed by atoms with van der Waals surface area (Å²) in [7, 11) is 3.83. The SMILES string of the molecule is CN=C(NCc1ccc(CN2CCN(C)CC2)cc1)NCc1ccc(C(F)(F)F)cc1.I. The van der Waals surface area contributed by atoms with Crippen molar-refractivity contribution in [2.45, 2.75) is 25.8 Å². The molecule has 0 aliphatic carbocycles. The Morgan fingerprint density at radius 3 is 1.78 bits per heavy atom. The van der Waals surface area contributed by atoms with Gasteiger partial charge in [-0.1, -0.05) is 36.4 Å². The molecule has 0 spiro atoms. The molecule has 2 N–H and O–H groups in total. The predicted octanol–water partition coefficient (Wildman–Crippen LogP) is 3.94. The Morgan fingerprint density at radius 1 is 0.844 bits per heavy atom. The average Bonchev–Trinajstić information content (AvgIpc) is 2.76. The minimum absolute atomic E-state index is 0. The van der Waals surface area contributed by atoms with Crippen LogP contribution in [-0.4, -0.2) is 56.0 Å². The molecule has 5 nitrogen and oxygen atoms in total. The first kappa shape index (κ1) is 26.4. The van der Waals surface area contributed by atoms with Crippen molar-refractivity contribution in [1.29, 1.82) is 0 Å². The zero-order chi connectivity index (χ0) is 22.3. The fraction of sp³-hybridized carbons (Fsp3) is 0.435. The van der Waals surface area contributed by atoms with E-state index in [1.54, 1.807) is 7.05 Å². The molecular weight excluding hydrogens is 530 g/mol. The number of nitrogens with one attached hydrogen (secondary N) is 2. The van der Waals surface area contributed by atoms with Crippen molar-refractivity contribution in [3.63, 3.8) is 0 Å². The Balaban J connectivity index is 0.00000363. The highest BCUT2D eigenvalue weighted by Gasteiger charge is 2.29. The standard InChI is InChI=1S/C23H30F3N5.HI/c1-27-22(29-16-19-7-9-21(10-8-19)23(24,25)26)28-15-18-3-5-20(6-4-18)17-31-13-11-30(2)12-14-31;/h3-10H,11-17H2,1-2H3,(H2,27,28,29);1H. The third kappa shape index (κ3) is 8.25. The van der Waals surface area contributed by atoms with Crippen molar-refractivity contribution in [3.8, 4) is 0 Å². The maximum Gasteiger partial charge on any atom is 0.416 e. The van der Waals surface area contributed by atoms with Crippen LogP contribution in [-0.2, 0) is 25.8 Å². The molecule has 9 heteroatoms. The summed E-state index contributed by atoms with van der Waals surface area (Å²) < 4.78 is 38.0. The number of likely N-dealkylation sites (N-methyl/N-ethyl adjacent to an activating group) is 1. The van der Waals surface area contributed by atoms with Crippen LogP contribution >= 0.6 is 24.0 Å². The second-order valence-electron chi connectivity index (χ2n) is 7.87. The van der Waals surface area contributed by atoms with Crippen LogP contribution in [0.15, 0.2) is 53.5 Å². The Kier molecular flexibility index (Phi) is 10.2. The Hall–Kier alpha value is -1.85. The van der Waals surface area contributed by atoms with E-state index >= 15 is 0 Å². The quantitative estimate of drug-likeness (QED) is 0.319.